The largest absolute Gasteiger partial charge is 0.352 e. The van der Waals surface area contributed by atoms with Gasteiger partial charge in [0.05, 0.1) is 11.0 Å². The average molecular weight is 393 g/mol. The van der Waals surface area contributed by atoms with E-state index in [0.717, 1.165) is 24.3 Å². The predicted molar refractivity (Wildman–Crippen MR) is 118 cm³/mol. The van der Waals surface area contributed by atoms with Crippen molar-refractivity contribution in [3.63, 3.8) is 0 Å². The Hall–Kier alpha value is -2.69. The molecule has 1 aromatic carbocycles. The molecule has 0 bridgehead atoms. The molecule has 0 spiro atoms. The quantitative estimate of drug-likeness (QED) is 0.433. The van der Waals surface area contributed by atoms with Crippen LogP contribution in [0.25, 0.3) is 11.0 Å². The maximum Gasteiger partial charge on any atom is 0.251 e. The minimum absolute atomic E-state index is 0.0675. The van der Waals surface area contributed by atoms with Crippen LogP contribution in [0.3, 0.4) is 0 Å². The van der Waals surface area contributed by atoms with E-state index in [0.29, 0.717) is 12.1 Å². The number of amides is 1. The number of carbonyl (C=O) groups excluding carboxylic acids is 1. The van der Waals surface area contributed by atoms with Crippen molar-refractivity contribution < 1.29 is 4.79 Å². The second kappa shape index (κ2) is 11.3. The normalized spacial score (nSPS) is 11.1. The summed E-state index contributed by atoms with van der Waals surface area (Å²) in [5.41, 5.74) is 2.86. The topological polar surface area (TPSA) is 59.8 Å². The highest BCUT2D eigenvalue weighted by molar-refractivity contribution is 5.93. The van der Waals surface area contributed by atoms with Gasteiger partial charge in [-0.05, 0) is 30.7 Å². The van der Waals surface area contributed by atoms with E-state index in [1.807, 2.05) is 6.07 Å². The first-order chi connectivity index (χ1) is 14.3. The van der Waals surface area contributed by atoms with Crippen LogP contribution in [0.1, 0.15) is 68.1 Å². The lowest BCUT2D eigenvalue weighted by molar-refractivity contribution is 0.0954. The number of carbonyl (C=O) groups is 1. The van der Waals surface area contributed by atoms with Crippen molar-refractivity contribution in [2.24, 2.45) is 0 Å². The molecular formula is C24H32N4O. The first kappa shape index (κ1) is 21.0. The second-order valence-electron chi connectivity index (χ2n) is 7.53. The summed E-state index contributed by atoms with van der Waals surface area (Å²) < 4.78 is 2.33. The zero-order chi connectivity index (χ0) is 20.3. The van der Waals surface area contributed by atoms with Gasteiger partial charge in [0, 0.05) is 37.5 Å². The van der Waals surface area contributed by atoms with Crippen LogP contribution in [0.5, 0.6) is 0 Å². The van der Waals surface area contributed by atoms with E-state index in [2.05, 4.69) is 40.0 Å². The number of nitrogens with one attached hydrogen (secondary N) is 1. The molecule has 5 heteroatoms. The van der Waals surface area contributed by atoms with Gasteiger partial charge >= 0.3 is 0 Å². The third kappa shape index (κ3) is 6.14. The number of fused-ring (bicyclic) bond motifs is 1. The molecule has 0 unspecified atom stereocenters. The van der Waals surface area contributed by atoms with Crippen LogP contribution < -0.4 is 5.32 Å². The molecule has 0 saturated carbocycles. The van der Waals surface area contributed by atoms with Gasteiger partial charge in [-0.15, -0.1) is 0 Å². The molecule has 0 aliphatic heterocycles. The molecule has 3 aromatic rings. The number of para-hydroxylation sites is 2. The average Bonchev–Trinajstić information content (AvgIpc) is 3.11. The lowest BCUT2D eigenvalue weighted by Gasteiger charge is -2.10. The van der Waals surface area contributed by atoms with Gasteiger partial charge in [0.1, 0.15) is 5.82 Å². The van der Waals surface area contributed by atoms with Crippen molar-refractivity contribution in [2.75, 3.05) is 6.54 Å². The zero-order valence-corrected chi connectivity index (χ0v) is 17.4. The predicted octanol–water partition coefficient (Wildman–Crippen LogP) is 5.15. The van der Waals surface area contributed by atoms with Crippen molar-refractivity contribution in [3.05, 3.63) is 60.2 Å². The molecular weight excluding hydrogens is 360 g/mol. The Morgan fingerprint density at radius 1 is 0.966 bits per heavy atom. The number of nitrogens with zero attached hydrogens (tertiary/aromatic N) is 3. The summed E-state index contributed by atoms with van der Waals surface area (Å²) in [4.78, 5) is 21.0. The van der Waals surface area contributed by atoms with Gasteiger partial charge < -0.3 is 9.88 Å². The molecule has 154 valence electrons. The maximum atomic E-state index is 12.2. The molecule has 0 aliphatic carbocycles. The van der Waals surface area contributed by atoms with E-state index in [1.165, 1.54) is 50.5 Å². The fourth-order valence-corrected chi connectivity index (χ4v) is 3.69. The molecule has 1 N–H and O–H groups in total. The molecule has 0 saturated heterocycles. The minimum Gasteiger partial charge on any atom is -0.352 e. The lowest BCUT2D eigenvalue weighted by atomic mass is 10.1. The standard InChI is InChI=1S/C24H32N4O/c1-2-3-4-5-6-7-10-19-28-22-12-9-8-11-21(22)27-23(28)15-18-26-24(29)20-13-16-25-17-14-20/h8-9,11-14,16-17H,2-7,10,15,18-19H2,1H3,(H,26,29). The number of hydrogen-bond acceptors (Lipinski definition) is 3. The van der Waals surface area contributed by atoms with E-state index in [1.54, 1.807) is 24.5 Å². The number of hydrogen-bond donors (Lipinski definition) is 1. The number of aryl methyl sites for hydroxylation is 1. The van der Waals surface area contributed by atoms with Crippen LogP contribution >= 0.6 is 0 Å². The van der Waals surface area contributed by atoms with Crippen LogP contribution in [0.4, 0.5) is 0 Å². The van der Waals surface area contributed by atoms with Crippen molar-refractivity contribution in [2.45, 2.75) is 64.8 Å². The Kier molecular flexibility index (Phi) is 8.23. The van der Waals surface area contributed by atoms with Crippen LogP contribution in [-0.2, 0) is 13.0 Å². The molecule has 2 aromatic heterocycles. The van der Waals surface area contributed by atoms with Gasteiger partial charge in [0.2, 0.25) is 0 Å². The fourth-order valence-electron chi connectivity index (χ4n) is 3.69. The zero-order valence-electron chi connectivity index (χ0n) is 17.4. The minimum atomic E-state index is -0.0675. The Balaban J connectivity index is 1.55. The summed E-state index contributed by atoms with van der Waals surface area (Å²) in [6.45, 7) is 3.81. The second-order valence-corrected chi connectivity index (χ2v) is 7.53. The van der Waals surface area contributed by atoms with Gasteiger partial charge in [0.25, 0.3) is 5.91 Å². The van der Waals surface area contributed by atoms with Gasteiger partial charge in [-0.2, -0.15) is 0 Å². The summed E-state index contributed by atoms with van der Waals surface area (Å²) in [5, 5.41) is 2.99. The molecule has 3 rings (SSSR count). The molecule has 0 radical (unpaired) electrons. The van der Waals surface area contributed by atoms with Crippen molar-refractivity contribution in [1.29, 1.82) is 0 Å². The van der Waals surface area contributed by atoms with Crippen molar-refractivity contribution in [3.8, 4) is 0 Å². The lowest BCUT2D eigenvalue weighted by Crippen LogP contribution is -2.26. The number of aromatic nitrogens is 3. The summed E-state index contributed by atoms with van der Waals surface area (Å²) >= 11 is 0. The molecule has 5 nitrogen and oxygen atoms in total. The number of pyridine rings is 1. The van der Waals surface area contributed by atoms with Gasteiger partial charge in [-0.1, -0.05) is 57.6 Å². The summed E-state index contributed by atoms with van der Waals surface area (Å²) in [6, 6.07) is 11.8. The first-order valence-electron chi connectivity index (χ1n) is 10.9. The molecule has 2 heterocycles. The maximum absolute atomic E-state index is 12.2. The van der Waals surface area contributed by atoms with E-state index < -0.39 is 0 Å². The Bertz CT molecular complexity index is 888. The number of imidazole rings is 1. The van der Waals surface area contributed by atoms with E-state index in [-0.39, 0.29) is 5.91 Å². The Labute approximate surface area is 173 Å². The van der Waals surface area contributed by atoms with Gasteiger partial charge in [0.15, 0.2) is 0 Å². The highest BCUT2D eigenvalue weighted by Gasteiger charge is 2.11. The summed E-state index contributed by atoms with van der Waals surface area (Å²) in [6.07, 6.45) is 13.1. The fraction of sp³-hybridized carbons (Fsp3) is 0.458. The van der Waals surface area contributed by atoms with Crippen LogP contribution in [0, 0.1) is 0 Å². The van der Waals surface area contributed by atoms with Crippen molar-refractivity contribution >= 4 is 16.9 Å². The Morgan fingerprint density at radius 3 is 2.48 bits per heavy atom. The number of unbranched alkanes of at least 4 members (excludes halogenated alkanes) is 6. The van der Waals surface area contributed by atoms with E-state index >= 15 is 0 Å². The smallest absolute Gasteiger partial charge is 0.251 e. The number of benzene rings is 1. The Morgan fingerprint density at radius 2 is 1.69 bits per heavy atom. The van der Waals surface area contributed by atoms with Gasteiger partial charge in [-0.3, -0.25) is 9.78 Å². The molecule has 0 aliphatic rings. The molecule has 1 amide bonds. The molecule has 0 atom stereocenters. The highest BCUT2D eigenvalue weighted by Crippen LogP contribution is 2.18. The van der Waals surface area contributed by atoms with E-state index in [4.69, 9.17) is 4.98 Å². The molecule has 0 fully saturated rings. The monoisotopic (exact) mass is 392 g/mol. The van der Waals surface area contributed by atoms with Crippen LogP contribution in [-0.4, -0.2) is 27.0 Å². The SMILES string of the molecule is CCCCCCCCCn1c(CCNC(=O)c2ccncc2)nc2ccccc21. The first-order valence-corrected chi connectivity index (χ1v) is 10.9. The third-order valence-corrected chi connectivity index (χ3v) is 5.30. The highest BCUT2D eigenvalue weighted by atomic mass is 16.1. The number of rotatable bonds is 12. The van der Waals surface area contributed by atoms with Crippen molar-refractivity contribution in [1.82, 2.24) is 19.9 Å². The third-order valence-electron chi connectivity index (χ3n) is 5.30. The van der Waals surface area contributed by atoms with Gasteiger partial charge in [-0.25, -0.2) is 4.98 Å². The molecule has 29 heavy (non-hydrogen) atoms. The van der Waals surface area contributed by atoms with Crippen LogP contribution in [0.15, 0.2) is 48.8 Å². The summed E-state index contributed by atoms with van der Waals surface area (Å²) in [5.74, 6) is 0.981. The van der Waals surface area contributed by atoms with Crippen LogP contribution in [0.2, 0.25) is 0 Å². The van der Waals surface area contributed by atoms with E-state index in [9.17, 15) is 4.79 Å². The summed E-state index contributed by atoms with van der Waals surface area (Å²) in [7, 11) is 0.